The molecule has 0 unspecified atom stereocenters. The van der Waals surface area contributed by atoms with E-state index in [1.54, 1.807) is 6.20 Å². The fraction of sp³-hybridized carbons (Fsp3) is 0.706. The molecular formula is C17H26N2O2. The Labute approximate surface area is 127 Å². The zero-order chi connectivity index (χ0) is 14.5. The van der Waals surface area contributed by atoms with Gasteiger partial charge in [-0.25, -0.2) is 0 Å². The summed E-state index contributed by atoms with van der Waals surface area (Å²) in [7, 11) is 0. The summed E-state index contributed by atoms with van der Waals surface area (Å²) in [5, 5.41) is 3.39. The Morgan fingerprint density at radius 3 is 2.38 bits per heavy atom. The highest BCUT2D eigenvalue weighted by Crippen LogP contribution is 2.28. The van der Waals surface area contributed by atoms with E-state index in [1.165, 1.54) is 0 Å². The van der Waals surface area contributed by atoms with Crippen LogP contribution in [0.3, 0.4) is 0 Å². The summed E-state index contributed by atoms with van der Waals surface area (Å²) in [6, 6.07) is 1.97. The normalized spacial score (nSPS) is 27.5. The lowest BCUT2D eigenvalue weighted by atomic mass is 9.94. The molecule has 0 spiro atoms. The molecule has 1 saturated heterocycles. The smallest absolute Gasteiger partial charge is 0.125 e. The van der Waals surface area contributed by atoms with Crippen LogP contribution in [0.2, 0.25) is 0 Å². The average molecular weight is 290 g/mol. The molecule has 21 heavy (non-hydrogen) atoms. The van der Waals surface area contributed by atoms with Gasteiger partial charge in [-0.3, -0.25) is 4.98 Å². The van der Waals surface area contributed by atoms with Gasteiger partial charge < -0.3 is 14.8 Å². The molecule has 1 N–H and O–H groups in total. The van der Waals surface area contributed by atoms with Crippen LogP contribution in [-0.4, -0.2) is 36.4 Å². The minimum absolute atomic E-state index is 0.332. The maximum atomic E-state index is 6.25. The highest BCUT2D eigenvalue weighted by molar-refractivity contribution is 5.28. The Balaban J connectivity index is 1.43. The largest absolute Gasteiger partial charge is 0.490 e. The first kappa shape index (κ1) is 14.8. The van der Waals surface area contributed by atoms with Crippen molar-refractivity contribution >= 4 is 0 Å². The van der Waals surface area contributed by atoms with Gasteiger partial charge in [-0.15, -0.1) is 0 Å². The Morgan fingerprint density at radius 2 is 1.67 bits per heavy atom. The summed E-state index contributed by atoms with van der Waals surface area (Å²) in [5.74, 6) is 0.979. The second kappa shape index (κ2) is 7.23. The van der Waals surface area contributed by atoms with Crippen molar-refractivity contribution in [2.75, 3.05) is 13.1 Å². The number of nitrogens with zero attached hydrogens (tertiary/aromatic N) is 1. The number of piperidine rings is 1. The molecule has 2 aliphatic rings. The van der Waals surface area contributed by atoms with E-state index < -0.39 is 0 Å². The number of hydrogen-bond donors (Lipinski definition) is 1. The van der Waals surface area contributed by atoms with Crippen molar-refractivity contribution in [3.8, 4) is 5.75 Å². The lowest BCUT2D eigenvalue weighted by Crippen LogP contribution is -2.37. The topological polar surface area (TPSA) is 43.4 Å². The molecule has 4 nitrogen and oxygen atoms in total. The molecular weight excluding hydrogens is 264 g/mol. The van der Waals surface area contributed by atoms with Crippen LogP contribution in [0.25, 0.3) is 0 Å². The van der Waals surface area contributed by atoms with Crippen molar-refractivity contribution < 1.29 is 9.47 Å². The first-order valence-electron chi connectivity index (χ1n) is 8.24. The van der Waals surface area contributed by atoms with Gasteiger partial charge in [0.25, 0.3) is 0 Å². The number of ether oxygens (including phenoxy) is 2. The summed E-state index contributed by atoms with van der Waals surface area (Å²) < 4.78 is 12.4. The molecule has 1 saturated carbocycles. The summed E-state index contributed by atoms with van der Waals surface area (Å²) in [6.07, 6.45) is 11.7. The van der Waals surface area contributed by atoms with Crippen LogP contribution in [0.15, 0.2) is 18.5 Å². The Morgan fingerprint density at radius 1 is 1.00 bits per heavy atom. The van der Waals surface area contributed by atoms with Crippen LogP contribution in [-0.2, 0) is 4.74 Å². The van der Waals surface area contributed by atoms with Crippen molar-refractivity contribution in [3.63, 3.8) is 0 Å². The van der Waals surface area contributed by atoms with E-state index in [1.807, 2.05) is 19.2 Å². The van der Waals surface area contributed by atoms with E-state index in [0.29, 0.717) is 18.3 Å². The summed E-state index contributed by atoms with van der Waals surface area (Å²) in [6.45, 7) is 4.25. The lowest BCUT2D eigenvalue weighted by Gasteiger charge is -2.33. The van der Waals surface area contributed by atoms with Crippen LogP contribution in [0, 0.1) is 6.92 Å². The van der Waals surface area contributed by atoms with Crippen molar-refractivity contribution in [3.05, 3.63) is 24.0 Å². The monoisotopic (exact) mass is 290 g/mol. The van der Waals surface area contributed by atoms with Gasteiger partial charge in [0, 0.05) is 18.0 Å². The summed E-state index contributed by atoms with van der Waals surface area (Å²) >= 11 is 0. The quantitative estimate of drug-likeness (QED) is 0.926. The van der Waals surface area contributed by atoms with Crippen LogP contribution in [0.4, 0.5) is 0 Å². The molecule has 1 aromatic heterocycles. The van der Waals surface area contributed by atoms with E-state index in [4.69, 9.17) is 9.47 Å². The fourth-order valence-electron chi connectivity index (χ4n) is 3.26. The summed E-state index contributed by atoms with van der Waals surface area (Å²) in [5.41, 5.74) is 1.12. The van der Waals surface area contributed by atoms with Crippen molar-refractivity contribution in [1.82, 2.24) is 10.3 Å². The van der Waals surface area contributed by atoms with E-state index in [-0.39, 0.29) is 0 Å². The maximum Gasteiger partial charge on any atom is 0.125 e. The number of pyridine rings is 1. The van der Waals surface area contributed by atoms with Gasteiger partial charge in [-0.2, -0.15) is 0 Å². The molecule has 2 fully saturated rings. The third kappa shape index (κ3) is 4.17. The molecule has 0 radical (unpaired) electrons. The standard InChI is InChI=1S/C17H26N2O2/c1-13-12-19-11-8-17(13)21-15-4-2-14(3-5-15)20-16-6-9-18-10-7-16/h8,11-12,14-16,18H,2-7,9-10H2,1H3. The summed E-state index contributed by atoms with van der Waals surface area (Å²) in [4.78, 5) is 4.11. The van der Waals surface area contributed by atoms with Crippen molar-refractivity contribution in [2.45, 2.75) is 63.8 Å². The molecule has 3 rings (SSSR count). The highest BCUT2D eigenvalue weighted by atomic mass is 16.5. The maximum absolute atomic E-state index is 6.25. The van der Waals surface area contributed by atoms with E-state index in [0.717, 1.165) is 62.9 Å². The second-order valence-corrected chi connectivity index (χ2v) is 6.24. The van der Waals surface area contributed by atoms with E-state index >= 15 is 0 Å². The molecule has 1 aliphatic heterocycles. The van der Waals surface area contributed by atoms with Gasteiger partial charge in [-0.05, 0) is 64.6 Å². The number of hydrogen-bond acceptors (Lipinski definition) is 4. The fourth-order valence-corrected chi connectivity index (χ4v) is 3.26. The predicted octanol–water partition coefficient (Wildman–Crippen LogP) is 2.85. The van der Waals surface area contributed by atoms with E-state index in [2.05, 4.69) is 10.3 Å². The number of nitrogens with one attached hydrogen (secondary N) is 1. The minimum Gasteiger partial charge on any atom is -0.490 e. The zero-order valence-corrected chi connectivity index (χ0v) is 12.9. The van der Waals surface area contributed by atoms with Gasteiger partial charge in [0.2, 0.25) is 0 Å². The third-order valence-corrected chi connectivity index (χ3v) is 4.55. The molecule has 0 amide bonds. The van der Waals surface area contributed by atoms with Crippen LogP contribution in [0.1, 0.15) is 44.1 Å². The van der Waals surface area contributed by atoms with Crippen molar-refractivity contribution in [2.24, 2.45) is 0 Å². The van der Waals surface area contributed by atoms with Gasteiger partial charge in [0.1, 0.15) is 5.75 Å². The van der Waals surface area contributed by atoms with Gasteiger partial charge >= 0.3 is 0 Å². The van der Waals surface area contributed by atoms with Crippen molar-refractivity contribution in [1.29, 1.82) is 0 Å². The zero-order valence-electron chi connectivity index (χ0n) is 12.9. The molecule has 4 heteroatoms. The molecule has 0 atom stereocenters. The Hall–Kier alpha value is -1.13. The number of aryl methyl sites for hydroxylation is 1. The third-order valence-electron chi connectivity index (χ3n) is 4.55. The van der Waals surface area contributed by atoms with Gasteiger partial charge in [0.15, 0.2) is 0 Å². The Kier molecular flexibility index (Phi) is 5.09. The van der Waals surface area contributed by atoms with Crippen LogP contribution in [0.5, 0.6) is 5.75 Å². The molecule has 1 aliphatic carbocycles. The minimum atomic E-state index is 0.332. The molecule has 1 aromatic rings. The lowest BCUT2D eigenvalue weighted by molar-refractivity contribution is -0.0548. The SMILES string of the molecule is Cc1cnccc1OC1CCC(OC2CCNCC2)CC1. The highest BCUT2D eigenvalue weighted by Gasteiger charge is 2.26. The predicted molar refractivity (Wildman–Crippen MR) is 82.6 cm³/mol. The number of rotatable bonds is 4. The second-order valence-electron chi connectivity index (χ2n) is 6.24. The first-order valence-corrected chi connectivity index (χ1v) is 8.24. The molecule has 2 heterocycles. The van der Waals surface area contributed by atoms with Crippen LogP contribution < -0.4 is 10.1 Å². The first-order chi connectivity index (χ1) is 10.3. The average Bonchev–Trinajstić information content (AvgIpc) is 2.52. The number of aromatic nitrogens is 1. The van der Waals surface area contributed by atoms with E-state index in [9.17, 15) is 0 Å². The molecule has 0 bridgehead atoms. The van der Waals surface area contributed by atoms with Crippen LogP contribution >= 0.6 is 0 Å². The van der Waals surface area contributed by atoms with Gasteiger partial charge in [0.05, 0.1) is 18.3 Å². The molecule has 116 valence electrons. The molecule has 0 aromatic carbocycles. The van der Waals surface area contributed by atoms with Gasteiger partial charge in [-0.1, -0.05) is 0 Å². The Bertz CT molecular complexity index is 438.